The highest BCUT2D eigenvalue weighted by Crippen LogP contribution is 2.10. The fraction of sp³-hybridized carbons (Fsp3) is 0.333. The maximum Gasteiger partial charge on any atom is 0.253 e. The normalized spacial score (nSPS) is 9.48. The number of carbonyl (C=O) groups is 2. The number of hydrogen-bond donors (Lipinski definition) is 3. The second kappa shape index (κ2) is 8.72. The maximum absolute atomic E-state index is 13.3. The largest absolute Gasteiger partial charge is 0.355 e. The highest BCUT2D eigenvalue weighted by molar-refractivity contribution is 5.98. The minimum atomic E-state index is -0.553. The van der Waals surface area contributed by atoms with Crippen molar-refractivity contribution >= 4 is 11.8 Å². The van der Waals surface area contributed by atoms with Gasteiger partial charge in [0, 0.05) is 12.1 Å². The van der Waals surface area contributed by atoms with Crippen LogP contribution in [0.4, 0.5) is 4.39 Å². The third-order valence-corrected chi connectivity index (χ3v) is 2.53. The summed E-state index contributed by atoms with van der Waals surface area (Å²) in [7, 11) is 0. The molecule has 0 unspecified atom stereocenters. The monoisotopic (exact) mass is 291 g/mol. The molecule has 112 valence electrons. The zero-order valence-corrected chi connectivity index (χ0v) is 11.8. The molecule has 1 aromatic carbocycles. The van der Waals surface area contributed by atoms with E-state index in [4.69, 9.17) is 5.73 Å². The second-order valence-electron chi connectivity index (χ2n) is 4.23. The van der Waals surface area contributed by atoms with Gasteiger partial charge in [0.15, 0.2) is 0 Å². The lowest BCUT2D eigenvalue weighted by Gasteiger charge is -2.07. The molecule has 5 nitrogen and oxygen atoms in total. The van der Waals surface area contributed by atoms with Crippen LogP contribution in [0.25, 0.3) is 0 Å². The van der Waals surface area contributed by atoms with Gasteiger partial charge in [0.25, 0.3) is 5.91 Å². The number of hydrogen-bond acceptors (Lipinski definition) is 3. The number of rotatable bonds is 5. The first-order valence-corrected chi connectivity index (χ1v) is 6.61. The Labute approximate surface area is 123 Å². The average Bonchev–Trinajstić information content (AvgIpc) is 2.49. The summed E-state index contributed by atoms with van der Waals surface area (Å²) in [6.45, 7) is 2.44. The minimum Gasteiger partial charge on any atom is -0.355 e. The van der Waals surface area contributed by atoms with Gasteiger partial charge in [-0.3, -0.25) is 9.59 Å². The molecule has 0 aliphatic carbocycles. The Bertz CT molecular complexity index is 576. The smallest absolute Gasteiger partial charge is 0.253 e. The van der Waals surface area contributed by atoms with E-state index in [1.165, 1.54) is 12.1 Å². The van der Waals surface area contributed by atoms with Crippen molar-refractivity contribution in [2.24, 2.45) is 5.73 Å². The van der Waals surface area contributed by atoms with Crippen molar-refractivity contribution in [3.63, 3.8) is 0 Å². The predicted octanol–water partition coefficient (Wildman–Crippen LogP) is 0.392. The summed E-state index contributed by atoms with van der Waals surface area (Å²) in [6, 6.07) is 3.70. The number of halogens is 1. The van der Waals surface area contributed by atoms with Crippen molar-refractivity contribution in [2.75, 3.05) is 19.6 Å². The molecule has 21 heavy (non-hydrogen) atoms. The van der Waals surface area contributed by atoms with E-state index in [9.17, 15) is 14.0 Å². The number of benzene rings is 1. The van der Waals surface area contributed by atoms with Crippen LogP contribution in [-0.4, -0.2) is 31.4 Å². The van der Waals surface area contributed by atoms with E-state index in [1.54, 1.807) is 0 Å². The summed E-state index contributed by atoms with van der Waals surface area (Å²) in [6.07, 6.45) is 0.808. The van der Waals surface area contributed by atoms with Crippen molar-refractivity contribution < 1.29 is 14.0 Å². The Morgan fingerprint density at radius 3 is 2.76 bits per heavy atom. The van der Waals surface area contributed by atoms with Crippen LogP contribution in [0, 0.1) is 17.7 Å². The standard InChI is InChI=1S/C15H18FN3O2/c1-2-8-18-14(20)10-19-15(21)13-9-12(16)6-5-11(13)4-3-7-17/h5-6,9H,2,7-8,10,17H2,1H3,(H,18,20)(H,19,21). The molecule has 0 saturated heterocycles. The van der Waals surface area contributed by atoms with Crippen LogP contribution in [0.1, 0.15) is 29.3 Å². The van der Waals surface area contributed by atoms with Crippen molar-refractivity contribution in [2.45, 2.75) is 13.3 Å². The molecule has 0 radical (unpaired) electrons. The van der Waals surface area contributed by atoms with E-state index in [2.05, 4.69) is 22.5 Å². The molecule has 0 aromatic heterocycles. The van der Waals surface area contributed by atoms with E-state index in [0.717, 1.165) is 12.5 Å². The van der Waals surface area contributed by atoms with Gasteiger partial charge in [0.2, 0.25) is 5.91 Å². The van der Waals surface area contributed by atoms with Gasteiger partial charge in [0.1, 0.15) is 5.82 Å². The average molecular weight is 291 g/mol. The zero-order valence-electron chi connectivity index (χ0n) is 11.8. The van der Waals surface area contributed by atoms with Gasteiger partial charge in [0.05, 0.1) is 18.7 Å². The summed E-state index contributed by atoms with van der Waals surface area (Å²) < 4.78 is 13.3. The molecule has 0 fully saturated rings. The van der Waals surface area contributed by atoms with E-state index >= 15 is 0 Å². The van der Waals surface area contributed by atoms with E-state index in [1.807, 2.05) is 6.92 Å². The molecule has 4 N–H and O–H groups in total. The van der Waals surface area contributed by atoms with Crippen LogP contribution in [0.5, 0.6) is 0 Å². The quantitative estimate of drug-likeness (QED) is 0.686. The van der Waals surface area contributed by atoms with Crippen molar-refractivity contribution in [1.29, 1.82) is 0 Å². The van der Waals surface area contributed by atoms with E-state index in [-0.39, 0.29) is 24.6 Å². The Morgan fingerprint density at radius 2 is 2.10 bits per heavy atom. The van der Waals surface area contributed by atoms with Crippen LogP contribution in [0.15, 0.2) is 18.2 Å². The Hall–Kier alpha value is -2.39. The van der Waals surface area contributed by atoms with Gasteiger partial charge >= 0.3 is 0 Å². The molecule has 0 saturated carbocycles. The molecule has 1 rings (SSSR count). The molecular weight excluding hydrogens is 273 g/mol. The molecular formula is C15H18FN3O2. The van der Waals surface area contributed by atoms with E-state index < -0.39 is 11.7 Å². The summed E-state index contributed by atoms with van der Waals surface area (Å²) in [5.41, 5.74) is 5.73. The van der Waals surface area contributed by atoms with Crippen LogP contribution >= 0.6 is 0 Å². The summed E-state index contributed by atoms with van der Waals surface area (Å²) in [4.78, 5) is 23.4. The summed E-state index contributed by atoms with van der Waals surface area (Å²) in [5.74, 6) is 3.91. The number of carbonyl (C=O) groups excluding carboxylic acids is 2. The molecule has 0 aliphatic heterocycles. The van der Waals surface area contributed by atoms with Gasteiger partial charge in [-0.25, -0.2) is 4.39 Å². The fourth-order valence-corrected chi connectivity index (χ4v) is 1.54. The third kappa shape index (κ3) is 5.63. The van der Waals surface area contributed by atoms with Crippen molar-refractivity contribution in [3.05, 3.63) is 35.1 Å². The molecule has 6 heteroatoms. The number of amides is 2. The van der Waals surface area contributed by atoms with Gasteiger partial charge < -0.3 is 16.4 Å². The molecule has 0 atom stereocenters. The highest BCUT2D eigenvalue weighted by atomic mass is 19.1. The van der Waals surface area contributed by atoms with Crippen LogP contribution in [0.3, 0.4) is 0 Å². The lowest BCUT2D eigenvalue weighted by Crippen LogP contribution is -2.37. The first-order valence-electron chi connectivity index (χ1n) is 6.61. The summed E-state index contributed by atoms with van der Waals surface area (Å²) >= 11 is 0. The van der Waals surface area contributed by atoms with Crippen LogP contribution in [0.2, 0.25) is 0 Å². The lowest BCUT2D eigenvalue weighted by atomic mass is 10.1. The Balaban J connectivity index is 2.77. The molecule has 1 aromatic rings. The Kier molecular flexibility index (Phi) is 6.92. The van der Waals surface area contributed by atoms with Crippen LogP contribution < -0.4 is 16.4 Å². The van der Waals surface area contributed by atoms with Gasteiger partial charge in [-0.1, -0.05) is 18.8 Å². The SMILES string of the molecule is CCCNC(=O)CNC(=O)c1cc(F)ccc1C#CCN. The molecule has 0 spiro atoms. The van der Waals surface area contributed by atoms with E-state index in [0.29, 0.717) is 12.1 Å². The summed E-state index contributed by atoms with van der Waals surface area (Å²) in [5, 5.41) is 5.06. The Morgan fingerprint density at radius 1 is 1.33 bits per heavy atom. The molecule has 0 heterocycles. The first kappa shape index (κ1) is 16.7. The third-order valence-electron chi connectivity index (χ3n) is 2.53. The lowest BCUT2D eigenvalue weighted by molar-refractivity contribution is -0.120. The first-order chi connectivity index (χ1) is 10.1. The molecule has 2 amide bonds. The molecule has 0 bridgehead atoms. The molecule has 0 aliphatic rings. The fourth-order valence-electron chi connectivity index (χ4n) is 1.54. The maximum atomic E-state index is 13.3. The minimum absolute atomic E-state index is 0.0826. The van der Waals surface area contributed by atoms with Gasteiger partial charge in [-0.05, 0) is 24.6 Å². The topological polar surface area (TPSA) is 84.2 Å². The van der Waals surface area contributed by atoms with Gasteiger partial charge in [-0.15, -0.1) is 0 Å². The second-order valence-corrected chi connectivity index (χ2v) is 4.23. The number of nitrogens with one attached hydrogen (secondary N) is 2. The van der Waals surface area contributed by atoms with Gasteiger partial charge in [-0.2, -0.15) is 0 Å². The van der Waals surface area contributed by atoms with Crippen molar-refractivity contribution in [1.82, 2.24) is 10.6 Å². The number of nitrogens with two attached hydrogens (primary N) is 1. The highest BCUT2D eigenvalue weighted by Gasteiger charge is 2.12. The predicted molar refractivity (Wildman–Crippen MR) is 78.0 cm³/mol. The van der Waals surface area contributed by atoms with Crippen molar-refractivity contribution in [3.8, 4) is 11.8 Å². The van der Waals surface area contributed by atoms with Crippen LogP contribution in [-0.2, 0) is 4.79 Å². The zero-order chi connectivity index (χ0) is 15.7.